The van der Waals surface area contributed by atoms with Crippen LogP contribution in [0.3, 0.4) is 0 Å². The maximum absolute atomic E-state index is 12.1. The molecule has 120 valence electrons. The van der Waals surface area contributed by atoms with Gasteiger partial charge < -0.3 is 9.88 Å². The summed E-state index contributed by atoms with van der Waals surface area (Å²) in [6, 6.07) is 8.42. The van der Waals surface area contributed by atoms with Crippen LogP contribution in [0.2, 0.25) is 0 Å². The third-order valence-electron chi connectivity index (χ3n) is 4.02. The maximum atomic E-state index is 12.1. The minimum absolute atomic E-state index is 0.151. The molecule has 6 nitrogen and oxygen atoms in total. The van der Waals surface area contributed by atoms with Crippen molar-refractivity contribution < 1.29 is 0 Å². The number of anilines is 1. The highest BCUT2D eigenvalue weighted by molar-refractivity contribution is 5.72. The van der Waals surface area contributed by atoms with Gasteiger partial charge in [-0.15, -0.1) is 0 Å². The largest absolute Gasteiger partial charge is 0.367 e. The van der Waals surface area contributed by atoms with E-state index in [0.717, 1.165) is 5.69 Å². The van der Waals surface area contributed by atoms with Crippen LogP contribution in [-0.2, 0) is 13.6 Å². The van der Waals surface area contributed by atoms with Crippen LogP contribution < -0.4 is 10.5 Å². The molecule has 0 aliphatic rings. The summed E-state index contributed by atoms with van der Waals surface area (Å²) < 4.78 is 1.62. The summed E-state index contributed by atoms with van der Waals surface area (Å²) in [7, 11) is 3.78. The SMILES string of the molecule is CC(C)c1cccc(N(C)Cc2nc3c(cnn3C)c(=O)[nH]2)c1. The third kappa shape index (κ3) is 2.97. The summed E-state index contributed by atoms with van der Waals surface area (Å²) in [5.41, 5.74) is 2.84. The fraction of sp³-hybridized carbons (Fsp3) is 0.353. The molecule has 3 aromatic rings. The van der Waals surface area contributed by atoms with Gasteiger partial charge >= 0.3 is 0 Å². The Morgan fingerprint density at radius 1 is 1.35 bits per heavy atom. The Morgan fingerprint density at radius 3 is 2.87 bits per heavy atom. The Labute approximate surface area is 134 Å². The first-order valence-corrected chi connectivity index (χ1v) is 7.67. The summed E-state index contributed by atoms with van der Waals surface area (Å²) in [6.07, 6.45) is 1.54. The summed E-state index contributed by atoms with van der Waals surface area (Å²) in [5, 5.41) is 4.60. The second-order valence-corrected chi connectivity index (χ2v) is 6.12. The van der Waals surface area contributed by atoms with Crippen molar-refractivity contribution in [1.29, 1.82) is 0 Å². The number of aromatic amines is 1. The van der Waals surface area contributed by atoms with E-state index in [-0.39, 0.29) is 5.56 Å². The zero-order chi connectivity index (χ0) is 16.6. The van der Waals surface area contributed by atoms with Gasteiger partial charge in [-0.3, -0.25) is 9.48 Å². The van der Waals surface area contributed by atoms with Gasteiger partial charge in [-0.1, -0.05) is 26.0 Å². The number of rotatable bonds is 4. The molecule has 2 aromatic heterocycles. The summed E-state index contributed by atoms with van der Waals surface area (Å²) >= 11 is 0. The summed E-state index contributed by atoms with van der Waals surface area (Å²) in [5.74, 6) is 1.11. The number of fused-ring (bicyclic) bond motifs is 1. The Kier molecular flexibility index (Phi) is 3.90. The molecule has 0 fully saturated rings. The van der Waals surface area contributed by atoms with Crippen LogP contribution in [0.25, 0.3) is 11.0 Å². The summed E-state index contributed by atoms with van der Waals surface area (Å²) in [4.78, 5) is 21.5. The van der Waals surface area contributed by atoms with Crippen LogP contribution in [0.4, 0.5) is 5.69 Å². The number of aryl methyl sites for hydroxylation is 1. The van der Waals surface area contributed by atoms with Crippen LogP contribution in [0.1, 0.15) is 31.2 Å². The van der Waals surface area contributed by atoms with Gasteiger partial charge in [0, 0.05) is 19.8 Å². The van der Waals surface area contributed by atoms with Crippen LogP contribution in [0.15, 0.2) is 35.3 Å². The molecule has 3 rings (SSSR count). The Hall–Kier alpha value is -2.63. The molecule has 1 N–H and O–H groups in total. The third-order valence-corrected chi connectivity index (χ3v) is 4.02. The number of hydrogen-bond acceptors (Lipinski definition) is 4. The predicted octanol–water partition coefficient (Wildman–Crippen LogP) is 2.42. The highest BCUT2D eigenvalue weighted by atomic mass is 16.1. The lowest BCUT2D eigenvalue weighted by atomic mass is 10.0. The van der Waals surface area contributed by atoms with Gasteiger partial charge in [0.05, 0.1) is 12.7 Å². The van der Waals surface area contributed by atoms with Crippen molar-refractivity contribution in [1.82, 2.24) is 19.7 Å². The fourth-order valence-corrected chi connectivity index (χ4v) is 2.59. The van der Waals surface area contributed by atoms with Gasteiger partial charge in [0.1, 0.15) is 11.2 Å². The van der Waals surface area contributed by atoms with E-state index < -0.39 is 0 Å². The number of nitrogens with zero attached hydrogens (tertiary/aromatic N) is 4. The molecule has 0 atom stereocenters. The molecular weight excluding hydrogens is 290 g/mol. The molecule has 0 unspecified atom stereocenters. The molecule has 0 saturated heterocycles. The lowest BCUT2D eigenvalue weighted by Gasteiger charge is -2.20. The first-order valence-electron chi connectivity index (χ1n) is 7.67. The van der Waals surface area contributed by atoms with Gasteiger partial charge in [0.2, 0.25) is 0 Å². The minimum Gasteiger partial charge on any atom is -0.367 e. The van der Waals surface area contributed by atoms with E-state index in [2.05, 4.69) is 58.1 Å². The van der Waals surface area contributed by atoms with Gasteiger partial charge in [-0.2, -0.15) is 5.10 Å². The lowest BCUT2D eigenvalue weighted by Crippen LogP contribution is -2.21. The molecule has 0 radical (unpaired) electrons. The number of hydrogen-bond donors (Lipinski definition) is 1. The molecule has 0 aliphatic carbocycles. The van der Waals surface area contributed by atoms with E-state index in [4.69, 9.17) is 0 Å². The van der Waals surface area contributed by atoms with Crippen molar-refractivity contribution in [2.24, 2.45) is 7.05 Å². The molecule has 0 saturated carbocycles. The van der Waals surface area contributed by atoms with Crippen molar-refractivity contribution in [3.63, 3.8) is 0 Å². The van der Waals surface area contributed by atoms with Crippen LogP contribution in [0.5, 0.6) is 0 Å². The average molecular weight is 311 g/mol. The van der Waals surface area contributed by atoms with E-state index in [0.29, 0.717) is 29.3 Å². The molecule has 1 aromatic carbocycles. The standard InChI is InChI=1S/C17H21N5O/c1-11(2)12-6-5-7-13(8-12)21(3)10-15-19-16-14(17(23)20-15)9-18-22(16)4/h5-9,11H,10H2,1-4H3,(H,19,20,23). The zero-order valence-electron chi connectivity index (χ0n) is 13.9. The van der Waals surface area contributed by atoms with Gasteiger partial charge in [-0.25, -0.2) is 4.98 Å². The lowest BCUT2D eigenvalue weighted by molar-refractivity contribution is 0.771. The van der Waals surface area contributed by atoms with Crippen molar-refractivity contribution in [2.45, 2.75) is 26.3 Å². The van der Waals surface area contributed by atoms with E-state index >= 15 is 0 Å². The predicted molar refractivity (Wildman–Crippen MR) is 91.8 cm³/mol. The molecule has 0 bridgehead atoms. The van der Waals surface area contributed by atoms with Crippen LogP contribution in [0, 0.1) is 0 Å². The zero-order valence-corrected chi connectivity index (χ0v) is 13.9. The quantitative estimate of drug-likeness (QED) is 0.803. The highest BCUT2D eigenvalue weighted by Crippen LogP contribution is 2.21. The van der Waals surface area contributed by atoms with E-state index in [1.54, 1.807) is 17.9 Å². The minimum atomic E-state index is -0.151. The Morgan fingerprint density at radius 2 is 2.13 bits per heavy atom. The van der Waals surface area contributed by atoms with Crippen LogP contribution in [-0.4, -0.2) is 26.8 Å². The van der Waals surface area contributed by atoms with Crippen molar-refractivity contribution in [2.75, 3.05) is 11.9 Å². The number of H-pyrrole nitrogens is 1. The topological polar surface area (TPSA) is 66.8 Å². The fourth-order valence-electron chi connectivity index (χ4n) is 2.59. The second kappa shape index (κ2) is 5.87. The van der Waals surface area contributed by atoms with Gasteiger partial charge in [-0.05, 0) is 23.6 Å². The van der Waals surface area contributed by atoms with Crippen molar-refractivity contribution in [3.8, 4) is 0 Å². The number of benzene rings is 1. The Bertz CT molecular complexity index is 893. The monoisotopic (exact) mass is 311 g/mol. The molecule has 0 aliphatic heterocycles. The molecule has 0 amide bonds. The van der Waals surface area contributed by atoms with Crippen LogP contribution >= 0.6 is 0 Å². The molecule has 0 spiro atoms. The molecule has 2 heterocycles. The van der Waals surface area contributed by atoms with Gasteiger partial charge in [0.25, 0.3) is 5.56 Å². The summed E-state index contributed by atoms with van der Waals surface area (Å²) in [6.45, 7) is 4.88. The van der Waals surface area contributed by atoms with E-state index in [1.807, 2.05) is 7.05 Å². The average Bonchev–Trinajstić information content (AvgIpc) is 2.89. The number of aromatic nitrogens is 4. The molecule has 23 heavy (non-hydrogen) atoms. The first-order chi connectivity index (χ1) is 11.0. The van der Waals surface area contributed by atoms with E-state index in [1.165, 1.54) is 5.56 Å². The molecular formula is C17H21N5O. The van der Waals surface area contributed by atoms with Gasteiger partial charge in [0.15, 0.2) is 5.65 Å². The normalized spacial score (nSPS) is 11.3. The molecule has 6 heteroatoms. The maximum Gasteiger partial charge on any atom is 0.262 e. The second-order valence-electron chi connectivity index (χ2n) is 6.12. The smallest absolute Gasteiger partial charge is 0.262 e. The number of nitrogens with one attached hydrogen (secondary N) is 1. The van der Waals surface area contributed by atoms with Crippen molar-refractivity contribution >= 4 is 16.7 Å². The Balaban J connectivity index is 1.91. The first kappa shape index (κ1) is 15.3. The highest BCUT2D eigenvalue weighted by Gasteiger charge is 2.11. The van der Waals surface area contributed by atoms with E-state index in [9.17, 15) is 4.79 Å². The van der Waals surface area contributed by atoms with Crippen molar-refractivity contribution in [3.05, 3.63) is 52.2 Å².